The van der Waals surface area contributed by atoms with Crippen LogP contribution in [0.15, 0.2) is 12.5 Å². The van der Waals surface area contributed by atoms with Crippen LogP contribution in [-0.4, -0.2) is 141 Å². The molecule has 0 aliphatic carbocycles. The standard InChI is InChI=1S/C19H33N5O.3C2HF3O2/c1-21-16-20-14-17(21)15-23-8-4-18-19(5-9-23)25-13-12-24(18)11-10-22-6-2-3-7-22;3*3-2(4,5)1(6)7/h14,16,18-19H,2-13,15H2,1H3;3*(H,6,7). The third-order valence-electron chi connectivity index (χ3n) is 7.01. The van der Waals surface area contributed by atoms with Crippen LogP contribution >= 0.6 is 0 Å². The maximum absolute atomic E-state index is 10.6. The van der Waals surface area contributed by atoms with Gasteiger partial charge in [-0.1, -0.05) is 0 Å². The third-order valence-corrected chi connectivity index (χ3v) is 7.01. The molecule has 0 bridgehead atoms. The van der Waals surface area contributed by atoms with Crippen LogP contribution in [0.2, 0.25) is 0 Å². The molecule has 1 aromatic rings. The van der Waals surface area contributed by atoms with E-state index in [4.69, 9.17) is 34.4 Å². The second-order valence-electron chi connectivity index (χ2n) is 10.3. The molecule has 12 nitrogen and oxygen atoms in total. The molecule has 0 radical (unpaired) electrons. The molecule has 2 atom stereocenters. The molecule has 21 heteroatoms. The third kappa shape index (κ3) is 15.4. The van der Waals surface area contributed by atoms with Crippen molar-refractivity contribution in [2.24, 2.45) is 7.05 Å². The monoisotopic (exact) mass is 689 g/mol. The molecule has 0 spiro atoms. The maximum Gasteiger partial charge on any atom is 0.490 e. The quantitative estimate of drug-likeness (QED) is 0.392. The van der Waals surface area contributed by atoms with Crippen LogP contribution < -0.4 is 0 Å². The van der Waals surface area contributed by atoms with E-state index in [0.717, 1.165) is 39.2 Å². The van der Waals surface area contributed by atoms with E-state index in [1.807, 2.05) is 12.5 Å². The number of nitrogens with zero attached hydrogens (tertiary/aromatic N) is 5. The first-order valence-corrected chi connectivity index (χ1v) is 13.8. The fourth-order valence-corrected chi connectivity index (χ4v) is 4.69. The summed E-state index contributed by atoms with van der Waals surface area (Å²) in [5, 5.41) is 21.4. The molecule has 2 unspecified atom stereocenters. The minimum Gasteiger partial charge on any atom is -0.475 e. The van der Waals surface area contributed by atoms with Crippen molar-refractivity contribution in [3.63, 3.8) is 0 Å². The van der Waals surface area contributed by atoms with E-state index >= 15 is 0 Å². The fourth-order valence-electron chi connectivity index (χ4n) is 4.69. The lowest BCUT2D eigenvalue weighted by atomic mass is 10.0. The highest BCUT2D eigenvalue weighted by molar-refractivity contribution is 5.73. The van der Waals surface area contributed by atoms with Crippen molar-refractivity contribution in [2.75, 3.05) is 52.4 Å². The minimum absolute atomic E-state index is 0.420. The van der Waals surface area contributed by atoms with Gasteiger partial charge in [-0.2, -0.15) is 39.5 Å². The van der Waals surface area contributed by atoms with Crippen molar-refractivity contribution in [3.8, 4) is 0 Å². The van der Waals surface area contributed by atoms with Gasteiger partial charge in [-0.3, -0.25) is 9.80 Å². The summed E-state index contributed by atoms with van der Waals surface area (Å²) in [7, 11) is 2.09. The molecule has 0 aromatic carbocycles. The lowest BCUT2D eigenvalue weighted by Crippen LogP contribution is -2.52. The lowest BCUT2D eigenvalue weighted by Gasteiger charge is -2.41. The number of carbonyl (C=O) groups is 3. The molecule has 3 fully saturated rings. The summed E-state index contributed by atoms with van der Waals surface area (Å²) in [6.45, 7) is 10.4. The van der Waals surface area contributed by atoms with E-state index in [9.17, 15) is 39.5 Å². The molecule has 1 aromatic heterocycles. The molecule has 3 saturated heterocycles. The Kier molecular flexibility index (Phi) is 16.2. The van der Waals surface area contributed by atoms with Crippen molar-refractivity contribution < 1.29 is 74.0 Å². The first kappa shape index (κ1) is 40.9. The average molecular weight is 690 g/mol. The summed E-state index contributed by atoms with van der Waals surface area (Å²) in [6.07, 6.45) is -5.78. The van der Waals surface area contributed by atoms with E-state index in [0.29, 0.717) is 12.1 Å². The Bertz CT molecular complexity index is 1040. The predicted molar refractivity (Wildman–Crippen MR) is 140 cm³/mol. The summed E-state index contributed by atoms with van der Waals surface area (Å²) in [5.74, 6) is -8.27. The number of aromatic nitrogens is 2. The summed E-state index contributed by atoms with van der Waals surface area (Å²) < 4.78 is 104. The zero-order valence-electron chi connectivity index (χ0n) is 24.6. The van der Waals surface area contributed by atoms with Crippen LogP contribution in [0.1, 0.15) is 31.4 Å². The van der Waals surface area contributed by atoms with E-state index in [1.165, 1.54) is 51.1 Å². The van der Waals surface area contributed by atoms with Crippen LogP contribution in [0.4, 0.5) is 39.5 Å². The van der Waals surface area contributed by atoms with Gasteiger partial charge in [0.1, 0.15) is 0 Å². The highest BCUT2D eigenvalue weighted by Gasteiger charge is 2.39. The van der Waals surface area contributed by atoms with Crippen LogP contribution in [0.3, 0.4) is 0 Å². The van der Waals surface area contributed by atoms with E-state index < -0.39 is 36.4 Å². The number of rotatable bonds is 5. The zero-order chi connectivity index (χ0) is 35.3. The first-order valence-electron chi connectivity index (χ1n) is 13.8. The molecular formula is C25H36F9N5O7. The van der Waals surface area contributed by atoms with E-state index in [2.05, 4.69) is 31.3 Å². The van der Waals surface area contributed by atoms with Gasteiger partial charge in [0, 0.05) is 58.6 Å². The van der Waals surface area contributed by atoms with Gasteiger partial charge in [-0.25, -0.2) is 19.4 Å². The van der Waals surface area contributed by atoms with Crippen molar-refractivity contribution in [2.45, 2.75) is 62.9 Å². The smallest absolute Gasteiger partial charge is 0.475 e. The molecule has 46 heavy (non-hydrogen) atoms. The Balaban J connectivity index is 0.000000413. The number of halogens is 9. The molecular weight excluding hydrogens is 653 g/mol. The Labute approximate surface area is 257 Å². The molecule has 266 valence electrons. The zero-order valence-corrected chi connectivity index (χ0v) is 24.6. The number of alkyl halides is 9. The topological polar surface area (TPSA) is 149 Å². The summed E-state index contributed by atoms with van der Waals surface area (Å²) in [6, 6.07) is 0.605. The van der Waals surface area contributed by atoms with Gasteiger partial charge < -0.3 is 29.5 Å². The van der Waals surface area contributed by atoms with Gasteiger partial charge >= 0.3 is 36.4 Å². The summed E-state index contributed by atoms with van der Waals surface area (Å²) in [4.78, 5) is 38.9. The number of carboxylic acids is 3. The molecule has 0 amide bonds. The van der Waals surface area contributed by atoms with Gasteiger partial charge in [-0.15, -0.1) is 0 Å². The molecule has 4 rings (SSSR count). The fraction of sp³-hybridized carbons (Fsp3) is 0.760. The molecule has 3 aliphatic heterocycles. The van der Waals surface area contributed by atoms with Crippen LogP contribution in [-0.2, 0) is 32.7 Å². The Hall–Kier alpha value is -3.17. The van der Waals surface area contributed by atoms with Crippen molar-refractivity contribution in [1.29, 1.82) is 0 Å². The van der Waals surface area contributed by atoms with Gasteiger partial charge in [0.15, 0.2) is 0 Å². The molecule has 3 N–H and O–H groups in total. The first-order chi connectivity index (χ1) is 21.1. The number of hydrogen-bond acceptors (Lipinski definition) is 8. The number of carboxylic acid groups (broad SMARTS) is 3. The number of likely N-dealkylation sites (tertiary alicyclic amines) is 2. The van der Waals surface area contributed by atoms with Gasteiger partial charge in [0.05, 0.1) is 24.7 Å². The number of imidazole rings is 1. The van der Waals surface area contributed by atoms with Gasteiger partial charge in [-0.05, 0) is 38.8 Å². The number of aliphatic carboxylic acids is 3. The van der Waals surface area contributed by atoms with Crippen LogP contribution in [0, 0.1) is 0 Å². The Morgan fingerprint density at radius 3 is 1.70 bits per heavy atom. The highest BCUT2D eigenvalue weighted by Crippen LogP contribution is 2.25. The minimum atomic E-state index is -5.08. The number of morpholine rings is 1. The second-order valence-corrected chi connectivity index (χ2v) is 10.3. The van der Waals surface area contributed by atoms with Gasteiger partial charge in [0.25, 0.3) is 0 Å². The maximum atomic E-state index is 10.6. The Morgan fingerprint density at radius 2 is 1.26 bits per heavy atom. The summed E-state index contributed by atoms with van der Waals surface area (Å²) in [5.41, 5.74) is 1.30. The SMILES string of the molecule is Cn1cncc1CN1CCC2OCCN(CCN3CCCC3)C2CC1.O=C(O)C(F)(F)F.O=C(O)C(F)(F)F.O=C(O)C(F)(F)F. The normalized spacial score (nSPS) is 21.3. The number of fused-ring (bicyclic) bond motifs is 1. The highest BCUT2D eigenvalue weighted by atomic mass is 19.4. The van der Waals surface area contributed by atoms with E-state index in [-0.39, 0.29) is 0 Å². The van der Waals surface area contributed by atoms with E-state index in [1.54, 1.807) is 0 Å². The average Bonchev–Trinajstić information content (AvgIpc) is 3.55. The number of aryl methyl sites for hydroxylation is 1. The second kappa shape index (κ2) is 18.2. The largest absolute Gasteiger partial charge is 0.490 e. The number of ether oxygens (including phenoxy) is 1. The Morgan fingerprint density at radius 1 is 0.783 bits per heavy atom. The predicted octanol–water partition coefficient (Wildman–Crippen LogP) is 3.08. The van der Waals surface area contributed by atoms with Gasteiger partial charge in [0.2, 0.25) is 0 Å². The van der Waals surface area contributed by atoms with Crippen molar-refractivity contribution >= 4 is 17.9 Å². The summed E-state index contributed by atoms with van der Waals surface area (Å²) >= 11 is 0. The molecule has 0 saturated carbocycles. The molecule has 3 aliphatic rings. The molecule has 4 heterocycles. The van der Waals surface area contributed by atoms with Crippen molar-refractivity contribution in [1.82, 2.24) is 24.3 Å². The van der Waals surface area contributed by atoms with Crippen LogP contribution in [0.25, 0.3) is 0 Å². The van der Waals surface area contributed by atoms with Crippen molar-refractivity contribution in [3.05, 3.63) is 18.2 Å². The number of hydrogen-bond donors (Lipinski definition) is 3. The lowest BCUT2D eigenvalue weighted by molar-refractivity contribution is -0.193. The van der Waals surface area contributed by atoms with Crippen LogP contribution in [0.5, 0.6) is 0 Å².